The molecule has 0 spiro atoms. The second kappa shape index (κ2) is 11.1. The van der Waals surface area contributed by atoms with Crippen LogP contribution in [0.3, 0.4) is 0 Å². The molecule has 0 bridgehead atoms. The lowest BCUT2D eigenvalue weighted by Gasteiger charge is -2.39. The molecule has 4 rings (SSSR count). The van der Waals surface area contributed by atoms with E-state index in [9.17, 15) is 13.2 Å². The number of hydrogen-bond donors (Lipinski definition) is 3. The van der Waals surface area contributed by atoms with Crippen molar-refractivity contribution in [1.29, 1.82) is 0 Å². The Bertz CT molecular complexity index is 1010. The molecule has 2 amide bonds. The first-order chi connectivity index (χ1) is 16.0. The number of nitrogens with one attached hydrogen (secondary N) is 3. The number of carbonyl (C=O) groups excluding carboxylic acids is 1. The molecule has 3 N–H and O–H groups in total. The third-order valence-electron chi connectivity index (χ3n) is 6.98. The van der Waals surface area contributed by atoms with Gasteiger partial charge in [0, 0.05) is 30.7 Å². The van der Waals surface area contributed by atoms with Crippen molar-refractivity contribution in [3.05, 3.63) is 54.4 Å². The number of aromatic nitrogens is 1. The molecule has 1 heterocycles. The predicted octanol–water partition coefficient (Wildman–Crippen LogP) is 4.82. The topological polar surface area (TPSA) is 100 Å². The fraction of sp³-hybridized carbons (Fsp3) is 0.520. The number of hydrogen-bond acceptors (Lipinski definition) is 4. The molecule has 178 valence electrons. The lowest BCUT2D eigenvalue weighted by atomic mass is 9.71. The summed E-state index contributed by atoms with van der Waals surface area (Å²) < 4.78 is 29.2. The second-order valence-electron chi connectivity index (χ2n) is 9.27. The molecule has 33 heavy (non-hydrogen) atoms. The van der Waals surface area contributed by atoms with Gasteiger partial charge in [-0.1, -0.05) is 51.0 Å². The van der Waals surface area contributed by atoms with Crippen molar-refractivity contribution in [3.63, 3.8) is 0 Å². The number of sulfonamides is 1. The average Bonchev–Trinajstić information content (AvgIpc) is 2.84. The zero-order valence-corrected chi connectivity index (χ0v) is 19.8. The molecule has 2 saturated carbocycles. The summed E-state index contributed by atoms with van der Waals surface area (Å²) >= 11 is 0. The average molecular weight is 471 g/mol. The normalized spacial score (nSPS) is 21.9. The first-order valence-corrected chi connectivity index (χ1v) is 13.6. The van der Waals surface area contributed by atoms with Crippen LogP contribution in [0.25, 0.3) is 0 Å². The van der Waals surface area contributed by atoms with Gasteiger partial charge < -0.3 is 10.6 Å². The Hall–Kier alpha value is -2.45. The van der Waals surface area contributed by atoms with Gasteiger partial charge in [-0.25, -0.2) is 17.9 Å². The minimum Gasteiger partial charge on any atom is -0.334 e. The van der Waals surface area contributed by atoms with E-state index < -0.39 is 10.0 Å². The van der Waals surface area contributed by atoms with Crippen molar-refractivity contribution in [2.24, 2.45) is 11.8 Å². The van der Waals surface area contributed by atoms with E-state index >= 15 is 0 Å². The molecular formula is C25H34N4O3S. The third kappa shape index (κ3) is 6.54. The smallest absolute Gasteiger partial charge is 0.319 e. The van der Waals surface area contributed by atoms with Crippen molar-refractivity contribution in [1.82, 2.24) is 15.0 Å². The van der Waals surface area contributed by atoms with Crippen molar-refractivity contribution in [3.8, 4) is 0 Å². The second-order valence-corrected chi connectivity index (χ2v) is 11.0. The molecule has 2 aliphatic carbocycles. The number of anilines is 1. The van der Waals surface area contributed by atoms with Gasteiger partial charge in [-0.15, -0.1) is 0 Å². The number of nitrogens with zero attached hydrogens (tertiary/aromatic N) is 1. The Morgan fingerprint density at radius 1 is 0.939 bits per heavy atom. The maximum Gasteiger partial charge on any atom is 0.319 e. The molecule has 2 aliphatic rings. The van der Waals surface area contributed by atoms with Gasteiger partial charge >= 0.3 is 6.03 Å². The number of urea groups is 1. The summed E-state index contributed by atoms with van der Waals surface area (Å²) in [5.41, 5.74) is 1.43. The lowest BCUT2D eigenvalue weighted by molar-refractivity contribution is 0.163. The molecule has 1 aromatic carbocycles. The lowest BCUT2D eigenvalue weighted by Crippen LogP contribution is -2.45. The fourth-order valence-corrected chi connectivity index (χ4v) is 6.60. The van der Waals surface area contributed by atoms with Crippen LogP contribution in [0.2, 0.25) is 0 Å². The largest absolute Gasteiger partial charge is 0.334 e. The molecule has 0 saturated heterocycles. The van der Waals surface area contributed by atoms with Crippen LogP contribution in [0, 0.1) is 11.8 Å². The summed E-state index contributed by atoms with van der Waals surface area (Å²) in [5, 5.41) is 5.50. The summed E-state index contributed by atoms with van der Waals surface area (Å²) in [7, 11) is -3.61. The van der Waals surface area contributed by atoms with E-state index in [-0.39, 0.29) is 17.0 Å². The highest BCUT2D eigenvalue weighted by Gasteiger charge is 2.35. The van der Waals surface area contributed by atoms with Crippen LogP contribution >= 0.6 is 0 Å². The van der Waals surface area contributed by atoms with Gasteiger partial charge in [0.2, 0.25) is 10.0 Å². The summed E-state index contributed by atoms with van der Waals surface area (Å²) in [6.45, 7) is 0.361. The number of pyridine rings is 1. The van der Waals surface area contributed by atoms with E-state index in [0.717, 1.165) is 24.8 Å². The zero-order chi connectivity index (χ0) is 23.1. The van der Waals surface area contributed by atoms with E-state index in [4.69, 9.17) is 0 Å². The van der Waals surface area contributed by atoms with Crippen LogP contribution in [-0.4, -0.2) is 25.5 Å². The van der Waals surface area contributed by atoms with Gasteiger partial charge in [0.25, 0.3) is 0 Å². The van der Waals surface area contributed by atoms with Gasteiger partial charge in [-0.2, -0.15) is 0 Å². The quantitative estimate of drug-likeness (QED) is 0.540. The van der Waals surface area contributed by atoms with E-state index in [1.807, 2.05) is 12.1 Å². The van der Waals surface area contributed by atoms with Crippen LogP contribution < -0.4 is 15.4 Å². The molecule has 8 heteroatoms. The minimum absolute atomic E-state index is 0.0166. The van der Waals surface area contributed by atoms with Gasteiger partial charge in [0.15, 0.2) is 0 Å². The monoisotopic (exact) mass is 470 g/mol. The van der Waals surface area contributed by atoms with Crippen molar-refractivity contribution < 1.29 is 13.2 Å². The SMILES string of the molecule is O=C(NCc1cccnc1)Nc1ccc(S(=O)(=O)NC2CCCCC2C2CCCCC2)cc1. The highest BCUT2D eigenvalue weighted by Crippen LogP contribution is 2.38. The molecule has 2 atom stereocenters. The summed E-state index contributed by atoms with van der Waals surface area (Å²) in [4.78, 5) is 16.4. The van der Waals surface area contributed by atoms with E-state index in [0.29, 0.717) is 24.1 Å². The standard InChI is InChI=1S/C25H34N4O3S/c30-25(27-18-19-7-6-16-26-17-19)28-21-12-14-22(15-13-21)33(31,32)29-24-11-5-4-10-23(24)20-8-2-1-3-9-20/h6-7,12-17,20,23-24,29H,1-5,8-11,18H2,(H2,27,28,30). The number of rotatable bonds is 7. The molecule has 7 nitrogen and oxygen atoms in total. The summed E-state index contributed by atoms with van der Waals surface area (Å²) in [6, 6.07) is 9.70. The predicted molar refractivity (Wildman–Crippen MR) is 129 cm³/mol. The number of carbonyl (C=O) groups is 1. The molecule has 2 unspecified atom stereocenters. The maximum absolute atomic E-state index is 13.1. The molecule has 1 aromatic heterocycles. The van der Waals surface area contributed by atoms with Crippen LogP contribution in [0.15, 0.2) is 53.7 Å². The Labute approximate surface area is 196 Å². The molecule has 2 fully saturated rings. The maximum atomic E-state index is 13.1. The summed E-state index contributed by atoms with van der Waals surface area (Å²) in [5.74, 6) is 1.08. The van der Waals surface area contributed by atoms with Crippen molar-refractivity contribution in [2.45, 2.75) is 75.3 Å². The van der Waals surface area contributed by atoms with Crippen molar-refractivity contribution in [2.75, 3.05) is 5.32 Å². The zero-order valence-electron chi connectivity index (χ0n) is 19.0. The Balaban J connectivity index is 1.34. The van der Waals surface area contributed by atoms with Crippen LogP contribution in [0.1, 0.15) is 63.4 Å². The Kier molecular flexibility index (Phi) is 7.98. The van der Waals surface area contributed by atoms with E-state index in [1.165, 1.54) is 38.5 Å². The number of amides is 2. The van der Waals surface area contributed by atoms with Crippen LogP contribution in [-0.2, 0) is 16.6 Å². The number of benzene rings is 1. The fourth-order valence-electron chi connectivity index (χ4n) is 5.28. The Morgan fingerprint density at radius 2 is 1.67 bits per heavy atom. The highest BCUT2D eigenvalue weighted by molar-refractivity contribution is 7.89. The summed E-state index contributed by atoms with van der Waals surface area (Å²) in [6.07, 6.45) is 14.0. The van der Waals surface area contributed by atoms with Crippen LogP contribution in [0.5, 0.6) is 0 Å². The first-order valence-electron chi connectivity index (χ1n) is 12.1. The van der Waals surface area contributed by atoms with Gasteiger partial charge in [0.1, 0.15) is 0 Å². The van der Waals surface area contributed by atoms with E-state index in [1.54, 1.807) is 36.7 Å². The molecule has 0 radical (unpaired) electrons. The minimum atomic E-state index is -3.61. The molecule has 2 aromatic rings. The molecular weight excluding hydrogens is 436 g/mol. The third-order valence-corrected chi connectivity index (χ3v) is 8.49. The Morgan fingerprint density at radius 3 is 2.39 bits per heavy atom. The van der Waals surface area contributed by atoms with Crippen molar-refractivity contribution >= 4 is 21.7 Å². The highest BCUT2D eigenvalue weighted by atomic mass is 32.2. The first kappa shape index (κ1) is 23.7. The van der Waals surface area contributed by atoms with Gasteiger partial charge in [0.05, 0.1) is 4.90 Å². The van der Waals surface area contributed by atoms with Gasteiger partial charge in [-0.3, -0.25) is 4.98 Å². The van der Waals surface area contributed by atoms with Crippen LogP contribution in [0.4, 0.5) is 10.5 Å². The van der Waals surface area contributed by atoms with E-state index in [2.05, 4.69) is 20.3 Å². The molecule has 0 aliphatic heterocycles. The van der Waals surface area contributed by atoms with Gasteiger partial charge in [-0.05, 0) is 60.6 Å².